The third-order valence-corrected chi connectivity index (χ3v) is 7.82. The van der Waals surface area contributed by atoms with Gasteiger partial charge in [0.15, 0.2) is 23.1 Å². The van der Waals surface area contributed by atoms with Crippen molar-refractivity contribution in [1.29, 1.82) is 0 Å². The van der Waals surface area contributed by atoms with Crippen molar-refractivity contribution in [1.82, 2.24) is 5.32 Å². The van der Waals surface area contributed by atoms with Crippen LogP contribution in [0.4, 0.5) is 17.6 Å². The summed E-state index contributed by atoms with van der Waals surface area (Å²) in [7, 11) is 0. The van der Waals surface area contributed by atoms with E-state index < -0.39 is 59.5 Å². The highest BCUT2D eigenvalue weighted by atomic mass is 19.3. The van der Waals surface area contributed by atoms with Crippen LogP contribution < -0.4 is 14.8 Å². The van der Waals surface area contributed by atoms with Crippen LogP contribution in [0.5, 0.6) is 11.5 Å². The molecule has 1 unspecified atom stereocenters. The van der Waals surface area contributed by atoms with E-state index in [1.807, 2.05) is 12.1 Å². The zero-order valence-electron chi connectivity index (χ0n) is 24.4. The highest BCUT2D eigenvalue weighted by molar-refractivity contribution is 6.07. The van der Waals surface area contributed by atoms with E-state index in [9.17, 15) is 36.7 Å². The minimum atomic E-state index is -4.96. The standard InChI is InChI=1S/C34H29F4NO7/c35-33(36)34(37,38)46-29-18-25(14-15-28(29)45-33)27(40)19-26(22-8-6-21(7-9-22)20-4-2-1-3-5-20)31(43)23-10-12-24(13-11-23)32(44)39-17-16-30(41)42/h4,6-15,18,26H,1-3,5,16-17,19H2,(H,39,44)(H,41,42). The molecule has 0 radical (unpaired) electrons. The smallest absolute Gasteiger partial charge is 0.481 e. The molecule has 3 aromatic carbocycles. The molecule has 1 aliphatic heterocycles. The molecule has 0 saturated carbocycles. The molecular weight excluding hydrogens is 610 g/mol. The fraction of sp³-hybridized carbons (Fsp3) is 0.294. The first-order valence-corrected chi connectivity index (χ1v) is 14.6. The number of carboxylic acids is 1. The van der Waals surface area contributed by atoms with E-state index in [-0.39, 0.29) is 29.7 Å². The van der Waals surface area contributed by atoms with Gasteiger partial charge in [-0.15, -0.1) is 0 Å². The summed E-state index contributed by atoms with van der Waals surface area (Å²) in [6.07, 6.45) is -4.28. The van der Waals surface area contributed by atoms with Gasteiger partial charge >= 0.3 is 18.2 Å². The number of rotatable bonds is 11. The second-order valence-corrected chi connectivity index (χ2v) is 11.0. The number of hydrogen-bond donors (Lipinski definition) is 2. The number of carboxylic acid groups (broad SMARTS) is 1. The maximum Gasteiger partial charge on any atom is 0.507 e. The van der Waals surface area contributed by atoms with Gasteiger partial charge in [-0.1, -0.05) is 42.5 Å². The van der Waals surface area contributed by atoms with Gasteiger partial charge in [-0.3, -0.25) is 19.2 Å². The SMILES string of the molecule is O=C(O)CCNC(=O)c1ccc(C(=O)C(CC(=O)c2ccc3c(c2)OC(F)(F)C(F)(F)O3)c2ccc(C3=CCCCC3)cc2)cc1. The van der Waals surface area contributed by atoms with E-state index in [0.717, 1.165) is 49.4 Å². The molecule has 240 valence electrons. The van der Waals surface area contributed by atoms with E-state index in [2.05, 4.69) is 20.9 Å². The monoisotopic (exact) mass is 639 g/mol. The Labute approximate surface area is 261 Å². The van der Waals surface area contributed by atoms with Crippen LogP contribution >= 0.6 is 0 Å². The fourth-order valence-corrected chi connectivity index (χ4v) is 5.31. The van der Waals surface area contributed by atoms with Gasteiger partial charge in [0, 0.05) is 29.7 Å². The number of hydrogen-bond acceptors (Lipinski definition) is 6. The summed E-state index contributed by atoms with van der Waals surface area (Å²) < 4.78 is 63.0. The highest BCUT2D eigenvalue weighted by Gasteiger charge is 2.66. The number of alkyl halides is 4. The Kier molecular flexibility index (Phi) is 9.27. The lowest BCUT2D eigenvalue weighted by Crippen LogP contribution is -2.52. The molecule has 0 spiro atoms. The van der Waals surface area contributed by atoms with Crippen LogP contribution in [-0.4, -0.2) is 47.3 Å². The number of nitrogens with one attached hydrogen (secondary N) is 1. The second-order valence-electron chi connectivity index (χ2n) is 11.0. The van der Waals surface area contributed by atoms with Crippen LogP contribution in [0.15, 0.2) is 72.8 Å². The van der Waals surface area contributed by atoms with Gasteiger partial charge in [-0.2, -0.15) is 17.6 Å². The number of aliphatic carboxylic acids is 1. The van der Waals surface area contributed by atoms with Crippen LogP contribution in [0, 0.1) is 0 Å². The summed E-state index contributed by atoms with van der Waals surface area (Å²) in [6.45, 7) is -0.0775. The Morgan fingerprint density at radius 1 is 0.804 bits per heavy atom. The molecule has 2 aliphatic rings. The summed E-state index contributed by atoms with van der Waals surface area (Å²) in [5.41, 5.74) is 2.91. The van der Waals surface area contributed by atoms with Crippen LogP contribution in [0.3, 0.4) is 0 Å². The first kappa shape index (κ1) is 32.4. The predicted octanol–water partition coefficient (Wildman–Crippen LogP) is 7.04. The first-order valence-electron chi connectivity index (χ1n) is 14.6. The van der Waals surface area contributed by atoms with Crippen molar-refractivity contribution in [3.63, 3.8) is 0 Å². The summed E-state index contributed by atoms with van der Waals surface area (Å²) in [5.74, 6) is -5.14. The molecule has 1 atom stereocenters. The number of carbonyl (C=O) groups is 4. The molecule has 3 aromatic rings. The Morgan fingerprint density at radius 3 is 2.07 bits per heavy atom. The topological polar surface area (TPSA) is 119 Å². The second kappa shape index (κ2) is 13.2. The van der Waals surface area contributed by atoms with Gasteiger partial charge < -0.3 is 19.9 Å². The average molecular weight is 640 g/mol. The highest BCUT2D eigenvalue weighted by Crippen LogP contribution is 2.47. The largest absolute Gasteiger partial charge is 0.507 e. The molecule has 12 heteroatoms. The molecule has 1 heterocycles. The Morgan fingerprint density at radius 2 is 1.43 bits per heavy atom. The van der Waals surface area contributed by atoms with Crippen LogP contribution in [0.25, 0.3) is 5.57 Å². The molecule has 5 rings (SSSR count). The lowest BCUT2D eigenvalue weighted by molar-refractivity contribution is -0.391. The zero-order valence-corrected chi connectivity index (χ0v) is 24.4. The Hall–Kier alpha value is -5.00. The number of benzene rings is 3. The molecule has 0 aromatic heterocycles. The maximum atomic E-state index is 13.9. The lowest BCUT2D eigenvalue weighted by Gasteiger charge is -2.31. The normalized spacial score (nSPS) is 16.9. The van der Waals surface area contributed by atoms with Crippen molar-refractivity contribution >= 4 is 29.0 Å². The van der Waals surface area contributed by atoms with Crippen molar-refractivity contribution < 1.29 is 51.3 Å². The van der Waals surface area contributed by atoms with Crippen molar-refractivity contribution in [2.45, 2.75) is 56.7 Å². The van der Waals surface area contributed by atoms with Crippen LogP contribution in [-0.2, 0) is 4.79 Å². The number of halogens is 4. The van der Waals surface area contributed by atoms with Gasteiger partial charge in [0.2, 0.25) is 0 Å². The van der Waals surface area contributed by atoms with E-state index in [4.69, 9.17) is 5.11 Å². The number of amides is 1. The summed E-state index contributed by atoms with van der Waals surface area (Å²) in [5, 5.41) is 11.2. The molecule has 1 amide bonds. The molecule has 0 saturated heterocycles. The van der Waals surface area contributed by atoms with Crippen molar-refractivity contribution in [2.24, 2.45) is 0 Å². The maximum absolute atomic E-state index is 13.9. The van der Waals surface area contributed by atoms with Crippen molar-refractivity contribution in [3.8, 4) is 11.5 Å². The summed E-state index contributed by atoms with van der Waals surface area (Å²) in [4.78, 5) is 50.4. The average Bonchev–Trinajstić information content (AvgIpc) is 3.03. The van der Waals surface area contributed by atoms with Gasteiger partial charge in [-0.25, -0.2) is 0 Å². The van der Waals surface area contributed by atoms with Crippen molar-refractivity contribution in [2.75, 3.05) is 6.54 Å². The number of ether oxygens (including phenoxy) is 2. The van der Waals surface area contributed by atoms with Crippen LogP contribution in [0.2, 0.25) is 0 Å². The quantitative estimate of drug-likeness (QED) is 0.171. The zero-order chi connectivity index (χ0) is 33.1. The molecule has 0 fully saturated rings. The molecule has 46 heavy (non-hydrogen) atoms. The fourth-order valence-electron chi connectivity index (χ4n) is 5.31. The third kappa shape index (κ3) is 7.11. The van der Waals surface area contributed by atoms with Gasteiger partial charge in [0.05, 0.1) is 12.3 Å². The lowest BCUT2D eigenvalue weighted by atomic mass is 9.84. The van der Waals surface area contributed by atoms with E-state index in [1.54, 1.807) is 12.1 Å². The molecule has 8 nitrogen and oxygen atoms in total. The predicted molar refractivity (Wildman–Crippen MR) is 158 cm³/mol. The number of ketones is 2. The van der Waals surface area contributed by atoms with Crippen molar-refractivity contribution in [3.05, 3.63) is 101 Å². The van der Waals surface area contributed by atoms with E-state index >= 15 is 0 Å². The first-order chi connectivity index (χ1) is 21.8. The number of fused-ring (bicyclic) bond motifs is 1. The van der Waals surface area contributed by atoms with Gasteiger partial charge in [0.25, 0.3) is 5.91 Å². The molecule has 2 N–H and O–H groups in total. The number of allylic oxidation sites excluding steroid dienone is 2. The minimum Gasteiger partial charge on any atom is -0.481 e. The summed E-state index contributed by atoms with van der Waals surface area (Å²) in [6, 6.07) is 15.8. The van der Waals surface area contributed by atoms with Gasteiger partial charge in [-0.05, 0) is 72.7 Å². The van der Waals surface area contributed by atoms with E-state index in [1.165, 1.54) is 29.8 Å². The van der Waals surface area contributed by atoms with Crippen LogP contribution in [0.1, 0.15) is 86.6 Å². The number of Topliss-reactive ketones (excluding diaryl/α,β-unsaturated/α-hetero) is 2. The molecule has 1 aliphatic carbocycles. The molecule has 0 bridgehead atoms. The Balaban J connectivity index is 1.40. The number of carbonyl (C=O) groups excluding carboxylic acids is 3. The minimum absolute atomic E-state index is 0.0775. The van der Waals surface area contributed by atoms with Gasteiger partial charge in [0.1, 0.15) is 0 Å². The molecular formula is C34H29F4NO7. The summed E-state index contributed by atoms with van der Waals surface area (Å²) >= 11 is 0. The Bertz CT molecular complexity index is 1680. The third-order valence-electron chi connectivity index (χ3n) is 7.82. The van der Waals surface area contributed by atoms with E-state index in [0.29, 0.717) is 5.56 Å².